The molecular weight excluding hydrogens is 306 g/mol. The number of nitrogens with one attached hydrogen (secondary N) is 1. The molecule has 0 atom stereocenters. The molecule has 0 aliphatic heterocycles. The lowest BCUT2D eigenvalue weighted by molar-refractivity contribution is -0.124. The van der Waals surface area contributed by atoms with Gasteiger partial charge in [-0.25, -0.2) is 0 Å². The fourth-order valence-corrected chi connectivity index (χ4v) is 3.92. The third-order valence-electron chi connectivity index (χ3n) is 4.06. The molecule has 23 heavy (non-hydrogen) atoms. The summed E-state index contributed by atoms with van der Waals surface area (Å²) in [4.78, 5) is 24.9. The van der Waals surface area contributed by atoms with Gasteiger partial charge in [-0.1, -0.05) is 18.2 Å². The molecule has 1 saturated carbocycles. The second kappa shape index (κ2) is 5.93. The van der Waals surface area contributed by atoms with Crippen LogP contribution in [0.1, 0.15) is 45.1 Å². The molecule has 3 rings (SSSR count). The number of ketones is 2. The van der Waals surface area contributed by atoms with Crippen molar-refractivity contribution in [3.63, 3.8) is 0 Å². The van der Waals surface area contributed by atoms with E-state index in [1.54, 1.807) is 17.5 Å². The molecule has 0 radical (unpaired) electrons. The minimum Gasteiger partial charge on any atom is -0.386 e. The van der Waals surface area contributed by atoms with Crippen LogP contribution in [0.5, 0.6) is 0 Å². The quantitative estimate of drug-likeness (QED) is 0.664. The van der Waals surface area contributed by atoms with Gasteiger partial charge in [0.2, 0.25) is 0 Å². The summed E-state index contributed by atoms with van der Waals surface area (Å²) in [6, 6.07) is 8.17. The fraction of sp³-hybridized carbons (Fsp3) is 0.368. The maximum Gasteiger partial charge on any atom is 0.168 e. The summed E-state index contributed by atoms with van der Waals surface area (Å²) < 4.78 is 1.21. The number of allylic oxidation sites excluding steroid dienone is 1. The van der Waals surface area contributed by atoms with Crippen LogP contribution in [0.2, 0.25) is 0 Å². The van der Waals surface area contributed by atoms with Crippen LogP contribution in [-0.4, -0.2) is 17.1 Å². The van der Waals surface area contributed by atoms with Crippen LogP contribution in [0.15, 0.2) is 41.4 Å². The Bertz CT molecular complexity index is 775. The highest BCUT2D eigenvalue weighted by Crippen LogP contribution is 2.38. The van der Waals surface area contributed by atoms with Crippen molar-refractivity contribution in [3.8, 4) is 0 Å². The normalized spacial score (nSPS) is 19.3. The van der Waals surface area contributed by atoms with Crippen molar-refractivity contribution >= 4 is 33.0 Å². The van der Waals surface area contributed by atoms with Crippen molar-refractivity contribution in [2.24, 2.45) is 0 Å². The highest BCUT2D eigenvalue weighted by atomic mass is 32.1. The summed E-state index contributed by atoms with van der Waals surface area (Å²) >= 11 is 1.67. The first-order valence-corrected chi connectivity index (χ1v) is 8.73. The average molecular weight is 327 g/mol. The Labute approximate surface area is 140 Å². The van der Waals surface area contributed by atoms with Gasteiger partial charge >= 0.3 is 0 Å². The zero-order valence-corrected chi connectivity index (χ0v) is 14.5. The molecule has 1 heterocycles. The van der Waals surface area contributed by atoms with Crippen molar-refractivity contribution in [2.75, 3.05) is 0 Å². The minimum atomic E-state index is -0.159. The van der Waals surface area contributed by atoms with Gasteiger partial charge in [-0.05, 0) is 49.1 Å². The molecule has 0 bridgehead atoms. The highest BCUT2D eigenvalue weighted by Gasteiger charge is 2.32. The van der Waals surface area contributed by atoms with Crippen LogP contribution >= 0.6 is 11.3 Å². The highest BCUT2D eigenvalue weighted by molar-refractivity contribution is 7.17. The summed E-state index contributed by atoms with van der Waals surface area (Å²) in [5, 5.41) is 6.40. The van der Waals surface area contributed by atoms with E-state index in [9.17, 15) is 9.59 Å². The predicted molar refractivity (Wildman–Crippen MR) is 94.8 cm³/mol. The molecule has 0 amide bonds. The maximum absolute atomic E-state index is 12.4. The minimum absolute atomic E-state index is 0.00191. The third-order valence-corrected chi connectivity index (χ3v) is 5.05. The molecule has 0 unspecified atom stereocenters. The largest absolute Gasteiger partial charge is 0.386 e. The monoisotopic (exact) mass is 327 g/mol. The summed E-state index contributed by atoms with van der Waals surface area (Å²) in [7, 11) is 0. The summed E-state index contributed by atoms with van der Waals surface area (Å²) in [6.45, 7) is 6.01. The SMILES string of the molecule is CC(C)(C)NC=C1C(=O)CC(c2csc3ccccc23)CC1=O. The molecule has 1 aliphatic carbocycles. The predicted octanol–water partition coefficient (Wildman–Crippen LogP) is 4.19. The third kappa shape index (κ3) is 3.37. The Morgan fingerprint density at radius 3 is 2.43 bits per heavy atom. The number of rotatable bonds is 2. The number of hydrogen-bond acceptors (Lipinski definition) is 4. The number of fused-ring (bicyclic) bond motifs is 1. The molecule has 1 fully saturated rings. The molecule has 1 aromatic carbocycles. The Hall–Kier alpha value is -1.94. The number of carbonyl (C=O) groups is 2. The first-order valence-electron chi connectivity index (χ1n) is 7.85. The maximum atomic E-state index is 12.4. The zero-order chi connectivity index (χ0) is 16.6. The van der Waals surface area contributed by atoms with E-state index in [4.69, 9.17) is 0 Å². The number of carbonyl (C=O) groups excluding carboxylic acids is 2. The zero-order valence-electron chi connectivity index (χ0n) is 13.7. The van der Waals surface area contributed by atoms with Crippen molar-refractivity contribution in [1.82, 2.24) is 5.32 Å². The van der Waals surface area contributed by atoms with E-state index < -0.39 is 0 Å². The molecule has 1 aliphatic rings. The second-order valence-electron chi connectivity index (χ2n) is 7.09. The molecule has 120 valence electrons. The van der Waals surface area contributed by atoms with Crippen LogP contribution in [0.3, 0.4) is 0 Å². The number of benzene rings is 1. The summed E-state index contributed by atoms with van der Waals surface area (Å²) in [5.74, 6) is -0.116. The number of thiophene rings is 1. The standard InChI is InChI=1S/C19H21NO2S/c1-19(2,3)20-10-14-16(21)8-12(9-17(14)22)15-11-23-18-7-5-4-6-13(15)18/h4-7,10-12,20H,8-9H2,1-3H3. The Morgan fingerprint density at radius 2 is 1.78 bits per heavy atom. The molecular formula is C19H21NO2S. The second-order valence-corrected chi connectivity index (χ2v) is 8.00. The molecule has 2 aromatic rings. The van der Waals surface area contributed by atoms with Crippen LogP contribution in [0.25, 0.3) is 10.1 Å². The van der Waals surface area contributed by atoms with Crippen LogP contribution in [0, 0.1) is 0 Å². The van der Waals surface area contributed by atoms with Gasteiger partial charge in [0.1, 0.15) is 0 Å². The van der Waals surface area contributed by atoms with E-state index in [2.05, 4.69) is 22.8 Å². The van der Waals surface area contributed by atoms with E-state index in [-0.39, 0.29) is 23.0 Å². The van der Waals surface area contributed by atoms with E-state index in [1.165, 1.54) is 10.1 Å². The summed E-state index contributed by atoms with van der Waals surface area (Å²) in [5.41, 5.74) is 1.29. The average Bonchev–Trinajstić information content (AvgIpc) is 2.89. The van der Waals surface area contributed by atoms with Gasteiger partial charge in [0.05, 0.1) is 5.57 Å². The summed E-state index contributed by atoms with van der Waals surface area (Å²) in [6.07, 6.45) is 2.42. The molecule has 1 aromatic heterocycles. The lowest BCUT2D eigenvalue weighted by atomic mass is 9.80. The first-order chi connectivity index (χ1) is 10.8. The molecule has 1 N–H and O–H groups in total. The molecule has 0 spiro atoms. The van der Waals surface area contributed by atoms with E-state index in [0.29, 0.717) is 18.4 Å². The Balaban J connectivity index is 1.85. The van der Waals surface area contributed by atoms with Crippen LogP contribution in [0.4, 0.5) is 0 Å². The first kappa shape index (κ1) is 15.9. The fourth-order valence-electron chi connectivity index (χ4n) is 2.88. The Morgan fingerprint density at radius 1 is 1.13 bits per heavy atom. The smallest absolute Gasteiger partial charge is 0.168 e. The lowest BCUT2D eigenvalue weighted by Gasteiger charge is -2.24. The van der Waals surface area contributed by atoms with E-state index >= 15 is 0 Å². The van der Waals surface area contributed by atoms with Gasteiger partial charge in [0.25, 0.3) is 0 Å². The lowest BCUT2D eigenvalue weighted by Crippen LogP contribution is -2.34. The number of hydrogen-bond donors (Lipinski definition) is 1. The van der Waals surface area contributed by atoms with Gasteiger partial charge < -0.3 is 5.32 Å². The topological polar surface area (TPSA) is 46.2 Å². The van der Waals surface area contributed by atoms with Gasteiger partial charge in [-0.15, -0.1) is 11.3 Å². The molecule has 4 heteroatoms. The van der Waals surface area contributed by atoms with Crippen LogP contribution < -0.4 is 5.32 Å². The van der Waals surface area contributed by atoms with Crippen molar-refractivity contribution in [1.29, 1.82) is 0 Å². The van der Waals surface area contributed by atoms with Gasteiger partial charge in [-0.3, -0.25) is 9.59 Å². The Kier molecular flexibility index (Phi) is 4.11. The number of Topliss-reactive ketones (excluding diaryl/α,β-unsaturated/α-hetero) is 2. The van der Waals surface area contributed by atoms with Gasteiger partial charge in [0, 0.05) is 29.3 Å². The van der Waals surface area contributed by atoms with Crippen LogP contribution in [-0.2, 0) is 9.59 Å². The van der Waals surface area contributed by atoms with E-state index in [0.717, 1.165) is 5.56 Å². The van der Waals surface area contributed by atoms with Crippen molar-refractivity contribution < 1.29 is 9.59 Å². The molecule has 0 saturated heterocycles. The van der Waals surface area contributed by atoms with Crippen molar-refractivity contribution in [3.05, 3.63) is 47.0 Å². The van der Waals surface area contributed by atoms with Gasteiger partial charge in [0.15, 0.2) is 11.6 Å². The van der Waals surface area contributed by atoms with Crippen molar-refractivity contribution in [2.45, 2.75) is 45.1 Å². The van der Waals surface area contributed by atoms with Gasteiger partial charge in [-0.2, -0.15) is 0 Å². The van der Waals surface area contributed by atoms with E-state index in [1.807, 2.05) is 32.9 Å². The molecule has 3 nitrogen and oxygen atoms in total.